The van der Waals surface area contributed by atoms with Crippen LogP contribution < -0.4 is 10.2 Å². The van der Waals surface area contributed by atoms with E-state index in [0.717, 1.165) is 24.3 Å². The highest BCUT2D eigenvalue weighted by Crippen LogP contribution is 2.44. The highest BCUT2D eigenvalue weighted by molar-refractivity contribution is 5.79. The number of ether oxygens (including phenoxy) is 1. The molecule has 0 unspecified atom stereocenters. The third-order valence-electron chi connectivity index (χ3n) is 2.45. The first-order chi connectivity index (χ1) is 11.2. The lowest BCUT2D eigenvalue weighted by atomic mass is 10.2. The largest absolute Gasteiger partial charge is 0.484 e. The van der Waals surface area contributed by atoms with E-state index in [9.17, 15) is 43.9 Å². The third kappa shape index (κ3) is 5.67. The number of hydrazone groups is 1. The van der Waals surface area contributed by atoms with E-state index in [2.05, 4.69) is 9.84 Å². The molecule has 0 heterocycles. The average molecular weight is 386 g/mol. The summed E-state index contributed by atoms with van der Waals surface area (Å²) in [6.07, 6.45) is -10.6. The molecular formula is C12H8F10N2O. The number of nitrogens with zero attached hydrogens (tertiary/aromatic N) is 1. The standard InChI is InChI=1S/C12H8F10N2O/c13-9(14,15)6-25-8-3-1-7(2-4-8)5-23-24-12(21,22)10(16,17)11(18,19)20/h1-5,24H,6H2/b23-5+. The fourth-order valence-electron chi connectivity index (χ4n) is 1.25. The second kappa shape index (κ2) is 6.96. The minimum absolute atomic E-state index is 0.0852. The van der Waals surface area contributed by atoms with Crippen LogP contribution in [-0.4, -0.2) is 37.1 Å². The molecule has 1 aromatic rings. The van der Waals surface area contributed by atoms with Crippen LogP contribution in [0.2, 0.25) is 0 Å². The van der Waals surface area contributed by atoms with Gasteiger partial charge in [-0.15, -0.1) is 0 Å². The molecule has 13 heteroatoms. The van der Waals surface area contributed by atoms with Gasteiger partial charge in [-0.2, -0.15) is 49.0 Å². The number of hydrogen-bond acceptors (Lipinski definition) is 3. The maximum Gasteiger partial charge on any atom is 0.462 e. The van der Waals surface area contributed by atoms with Crippen molar-refractivity contribution in [2.24, 2.45) is 5.10 Å². The van der Waals surface area contributed by atoms with Crippen molar-refractivity contribution in [1.29, 1.82) is 0 Å². The Hall–Kier alpha value is -2.21. The molecule has 0 saturated carbocycles. The molecule has 0 aliphatic heterocycles. The normalized spacial score (nSPS) is 14.0. The summed E-state index contributed by atoms with van der Waals surface area (Å²) in [6.45, 7) is -1.58. The van der Waals surface area contributed by atoms with Crippen molar-refractivity contribution in [3.05, 3.63) is 29.8 Å². The van der Waals surface area contributed by atoms with Gasteiger partial charge in [0.25, 0.3) is 0 Å². The van der Waals surface area contributed by atoms with Crippen molar-refractivity contribution in [2.75, 3.05) is 6.61 Å². The zero-order chi connectivity index (χ0) is 19.5. The lowest BCUT2D eigenvalue weighted by Crippen LogP contribution is -2.58. The van der Waals surface area contributed by atoms with Crippen LogP contribution in [0.15, 0.2) is 29.4 Å². The van der Waals surface area contributed by atoms with E-state index < -0.39 is 30.9 Å². The first-order valence-electron chi connectivity index (χ1n) is 6.08. The van der Waals surface area contributed by atoms with Crippen LogP contribution in [0.4, 0.5) is 43.9 Å². The van der Waals surface area contributed by atoms with Gasteiger partial charge >= 0.3 is 24.3 Å². The van der Waals surface area contributed by atoms with Gasteiger partial charge < -0.3 is 4.74 Å². The van der Waals surface area contributed by atoms with E-state index in [4.69, 9.17) is 0 Å². The number of hydrogen-bond donors (Lipinski definition) is 1. The Morgan fingerprint density at radius 2 is 1.40 bits per heavy atom. The van der Waals surface area contributed by atoms with E-state index in [1.165, 1.54) is 0 Å². The molecule has 1 rings (SSSR count). The van der Waals surface area contributed by atoms with E-state index in [-0.39, 0.29) is 11.3 Å². The molecule has 25 heavy (non-hydrogen) atoms. The zero-order valence-electron chi connectivity index (χ0n) is 11.7. The summed E-state index contributed by atoms with van der Waals surface area (Å²) in [5, 5.41) is 2.58. The Labute approximate surface area is 133 Å². The van der Waals surface area contributed by atoms with Crippen molar-refractivity contribution in [2.45, 2.75) is 24.3 Å². The van der Waals surface area contributed by atoms with Crippen molar-refractivity contribution < 1.29 is 48.6 Å². The molecule has 0 saturated heterocycles. The summed E-state index contributed by atoms with van der Waals surface area (Å²) >= 11 is 0. The van der Waals surface area contributed by atoms with Crippen LogP contribution in [0.3, 0.4) is 0 Å². The molecule has 1 N–H and O–H groups in total. The van der Waals surface area contributed by atoms with Crippen molar-refractivity contribution in [3.63, 3.8) is 0 Å². The summed E-state index contributed by atoms with van der Waals surface area (Å²) in [6, 6.07) is -1.73. The Morgan fingerprint density at radius 1 is 0.880 bits per heavy atom. The van der Waals surface area contributed by atoms with Crippen LogP contribution in [0.5, 0.6) is 5.75 Å². The maximum absolute atomic E-state index is 12.9. The number of halogens is 10. The maximum atomic E-state index is 12.9. The molecule has 0 aromatic heterocycles. The van der Waals surface area contributed by atoms with Crippen molar-refractivity contribution in [1.82, 2.24) is 5.43 Å². The van der Waals surface area contributed by atoms with Crippen LogP contribution in [0.25, 0.3) is 0 Å². The molecule has 0 aliphatic rings. The molecule has 0 atom stereocenters. The van der Waals surface area contributed by atoms with E-state index in [1.807, 2.05) is 0 Å². The third-order valence-corrected chi connectivity index (χ3v) is 2.45. The first-order valence-corrected chi connectivity index (χ1v) is 6.08. The quantitative estimate of drug-likeness (QED) is 0.342. The lowest BCUT2D eigenvalue weighted by molar-refractivity contribution is -0.361. The molecule has 0 fully saturated rings. The van der Waals surface area contributed by atoms with Crippen LogP contribution >= 0.6 is 0 Å². The number of benzene rings is 1. The fourth-order valence-corrected chi connectivity index (χ4v) is 1.25. The first kappa shape index (κ1) is 20.8. The Bertz CT molecular complexity index is 591. The average Bonchev–Trinajstić information content (AvgIpc) is 2.44. The predicted octanol–water partition coefficient (Wildman–Crippen LogP) is 4.34. The number of rotatable bonds is 6. The minimum atomic E-state index is -6.50. The highest BCUT2D eigenvalue weighted by Gasteiger charge is 2.73. The second-order valence-corrected chi connectivity index (χ2v) is 4.49. The summed E-state index contributed by atoms with van der Waals surface area (Å²) in [5.41, 5.74) is 0.315. The second-order valence-electron chi connectivity index (χ2n) is 4.49. The van der Waals surface area contributed by atoms with E-state index in [1.54, 1.807) is 0 Å². The van der Waals surface area contributed by atoms with Gasteiger partial charge in [0.1, 0.15) is 5.75 Å². The molecule has 0 aliphatic carbocycles. The van der Waals surface area contributed by atoms with Crippen LogP contribution in [0.1, 0.15) is 5.56 Å². The van der Waals surface area contributed by atoms with Gasteiger partial charge in [0, 0.05) is 0 Å². The fraction of sp³-hybridized carbons (Fsp3) is 0.417. The monoisotopic (exact) mass is 386 g/mol. The van der Waals surface area contributed by atoms with Gasteiger partial charge in [-0.05, 0) is 29.8 Å². The zero-order valence-corrected chi connectivity index (χ0v) is 11.7. The van der Waals surface area contributed by atoms with Crippen LogP contribution in [-0.2, 0) is 0 Å². The number of nitrogens with one attached hydrogen (secondary N) is 1. The molecule has 3 nitrogen and oxygen atoms in total. The summed E-state index contributed by atoms with van der Waals surface area (Å²) in [4.78, 5) is 0. The molecule has 0 spiro atoms. The Kier molecular flexibility index (Phi) is 5.80. The SMILES string of the molecule is FC(F)(F)COc1ccc(/C=N/NC(F)(F)C(F)(F)C(F)(F)F)cc1. The molecular weight excluding hydrogens is 378 g/mol. The Balaban J connectivity index is 2.70. The molecule has 0 radical (unpaired) electrons. The van der Waals surface area contributed by atoms with Gasteiger partial charge in [-0.3, -0.25) is 0 Å². The van der Waals surface area contributed by atoms with Gasteiger partial charge in [-0.25, -0.2) is 5.43 Å². The predicted molar refractivity (Wildman–Crippen MR) is 64.7 cm³/mol. The molecule has 1 aromatic carbocycles. The smallest absolute Gasteiger partial charge is 0.462 e. The van der Waals surface area contributed by atoms with Crippen molar-refractivity contribution in [3.8, 4) is 5.75 Å². The Morgan fingerprint density at radius 3 is 1.84 bits per heavy atom. The van der Waals surface area contributed by atoms with Gasteiger partial charge in [0.05, 0.1) is 6.21 Å². The summed E-state index contributed by atoms with van der Waals surface area (Å²) < 4.78 is 126. The lowest BCUT2D eigenvalue weighted by Gasteiger charge is -2.27. The molecule has 142 valence electrons. The van der Waals surface area contributed by atoms with E-state index in [0.29, 0.717) is 11.6 Å². The summed E-state index contributed by atoms with van der Waals surface area (Å²) in [7, 11) is 0. The minimum Gasteiger partial charge on any atom is -0.484 e. The van der Waals surface area contributed by atoms with Crippen molar-refractivity contribution >= 4 is 6.21 Å². The highest BCUT2D eigenvalue weighted by atomic mass is 19.4. The van der Waals surface area contributed by atoms with Gasteiger partial charge in [0.15, 0.2) is 6.61 Å². The molecule has 0 amide bonds. The summed E-state index contributed by atoms with van der Waals surface area (Å²) in [5.74, 6) is -6.61. The van der Waals surface area contributed by atoms with Gasteiger partial charge in [-0.1, -0.05) is 0 Å². The van der Waals surface area contributed by atoms with Crippen LogP contribution in [0, 0.1) is 0 Å². The van der Waals surface area contributed by atoms with E-state index >= 15 is 0 Å². The topological polar surface area (TPSA) is 33.6 Å². The molecule has 0 bridgehead atoms. The van der Waals surface area contributed by atoms with Gasteiger partial charge in [0.2, 0.25) is 0 Å². The number of alkyl halides is 10.